The van der Waals surface area contributed by atoms with E-state index in [1.54, 1.807) is 30.3 Å². The number of aromatic nitrogens is 1. The molecule has 7 heteroatoms. The first-order chi connectivity index (χ1) is 14.3. The molecule has 0 saturated heterocycles. The van der Waals surface area contributed by atoms with Crippen LogP contribution in [0.1, 0.15) is 39.7 Å². The number of nitrogens with zero attached hydrogens (tertiary/aromatic N) is 1. The number of hydrogen-bond acceptors (Lipinski definition) is 3. The van der Waals surface area contributed by atoms with Crippen LogP contribution in [0.2, 0.25) is 0 Å². The summed E-state index contributed by atoms with van der Waals surface area (Å²) in [6.45, 7) is 3.52. The second-order valence-electron chi connectivity index (χ2n) is 7.33. The van der Waals surface area contributed by atoms with Crippen molar-refractivity contribution in [1.29, 1.82) is 0 Å². The number of likely N-dealkylation sites (N-methyl/N-ethyl adjacent to an activating group) is 1. The normalized spacial score (nSPS) is 17.9. The molecule has 1 unspecified atom stereocenters. The summed E-state index contributed by atoms with van der Waals surface area (Å²) in [7, 11) is 0. The Bertz CT molecular complexity index is 1170. The molecule has 1 aliphatic rings. The second kappa shape index (κ2) is 7.57. The lowest BCUT2D eigenvalue weighted by Crippen LogP contribution is -3.11. The maximum atomic E-state index is 13.5. The molecular formula is C23H19F3N2O2. The van der Waals surface area contributed by atoms with E-state index >= 15 is 0 Å². The number of rotatable bonds is 3. The molecule has 0 amide bonds. The van der Waals surface area contributed by atoms with Crippen molar-refractivity contribution in [1.82, 2.24) is 4.98 Å². The van der Waals surface area contributed by atoms with Crippen LogP contribution in [0.4, 0.5) is 13.2 Å². The number of carbonyl (C=O) groups is 1. The smallest absolute Gasteiger partial charge is 0.416 e. The average molecular weight is 412 g/mol. The van der Waals surface area contributed by atoms with Gasteiger partial charge in [0.15, 0.2) is 0 Å². The highest BCUT2D eigenvalue weighted by molar-refractivity contribution is 6.05. The molecule has 1 aromatic heterocycles. The number of aromatic carboxylic acids is 1. The predicted octanol–water partition coefficient (Wildman–Crippen LogP) is 2.58. The molecule has 4 nitrogen and oxygen atoms in total. The van der Waals surface area contributed by atoms with Crippen LogP contribution >= 0.6 is 0 Å². The summed E-state index contributed by atoms with van der Waals surface area (Å²) in [6.07, 6.45) is -3.01. The monoisotopic (exact) mass is 412 g/mol. The van der Waals surface area contributed by atoms with Gasteiger partial charge in [-0.3, -0.25) is 0 Å². The number of fused-ring (bicyclic) bond motifs is 2. The lowest BCUT2D eigenvalue weighted by molar-refractivity contribution is -0.905. The largest absolute Gasteiger partial charge is 0.545 e. The molecule has 1 atom stereocenters. The molecule has 0 radical (unpaired) electrons. The van der Waals surface area contributed by atoms with Crippen molar-refractivity contribution >= 4 is 28.5 Å². The standard InChI is InChI=1S/C23H19F3N2O2/c1-2-28-12-15(11-14-7-3-5-9-18(14)23(24,25)26)21-17(13-28)20(22(29)30)16-8-4-6-10-19(16)27-21/h3-11H,2,12-13H2,1H3,(H,29,30)/b15-11+. The molecule has 0 saturated carbocycles. The number of carboxylic acid groups (broad SMARTS) is 1. The Morgan fingerprint density at radius 3 is 2.53 bits per heavy atom. The summed E-state index contributed by atoms with van der Waals surface area (Å²) >= 11 is 0. The third kappa shape index (κ3) is 3.57. The number of halogens is 3. The lowest BCUT2D eigenvalue weighted by Gasteiger charge is -2.29. The zero-order valence-corrected chi connectivity index (χ0v) is 16.2. The molecule has 2 aromatic carbocycles. The molecule has 0 bridgehead atoms. The predicted molar refractivity (Wildman–Crippen MR) is 105 cm³/mol. The fourth-order valence-electron chi connectivity index (χ4n) is 4.03. The second-order valence-corrected chi connectivity index (χ2v) is 7.33. The minimum absolute atomic E-state index is 0.0354. The van der Waals surface area contributed by atoms with Crippen LogP contribution < -0.4 is 10.0 Å². The number of alkyl halides is 3. The first-order valence-electron chi connectivity index (χ1n) is 9.63. The van der Waals surface area contributed by atoms with Crippen LogP contribution in [0.5, 0.6) is 0 Å². The number of carbonyl (C=O) groups excluding carboxylic acids is 1. The average Bonchev–Trinajstić information content (AvgIpc) is 2.71. The molecule has 3 aromatic rings. The van der Waals surface area contributed by atoms with Crippen molar-refractivity contribution in [2.24, 2.45) is 0 Å². The highest BCUT2D eigenvalue weighted by Crippen LogP contribution is 2.35. The molecule has 2 heterocycles. The molecule has 0 fully saturated rings. The quantitative estimate of drug-likeness (QED) is 0.720. The van der Waals surface area contributed by atoms with Gasteiger partial charge in [-0.1, -0.05) is 36.4 Å². The summed E-state index contributed by atoms with van der Waals surface area (Å²) in [4.78, 5) is 17.7. The number of benzene rings is 2. The molecule has 1 aliphatic heterocycles. The molecule has 0 spiro atoms. The van der Waals surface area contributed by atoms with Gasteiger partial charge in [0.2, 0.25) is 0 Å². The van der Waals surface area contributed by atoms with E-state index in [9.17, 15) is 23.1 Å². The third-order valence-corrected chi connectivity index (χ3v) is 5.46. The van der Waals surface area contributed by atoms with E-state index in [1.807, 2.05) is 6.92 Å². The first kappa shape index (κ1) is 20.1. The molecule has 30 heavy (non-hydrogen) atoms. The Balaban J connectivity index is 2.00. The Kier molecular flexibility index (Phi) is 5.07. The Morgan fingerprint density at radius 2 is 1.83 bits per heavy atom. The van der Waals surface area contributed by atoms with E-state index in [1.165, 1.54) is 18.2 Å². The van der Waals surface area contributed by atoms with E-state index in [4.69, 9.17) is 0 Å². The van der Waals surface area contributed by atoms with Gasteiger partial charge in [0.25, 0.3) is 0 Å². The van der Waals surface area contributed by atoms with Gasteiger partial charge in [0.1, 0.15) is 13.1 Å². The van der Waals surface area contributed by atoms with Gasteiger partial charge >= 0.3 is 6.18 Å². The molecule has 0 aliphatic carbocycles. The summed E-state index contributed by atoms with van der Waals surface area (Å²) in [5.41, 5.74) is 1.37. The van der Waals surface area contributed by atoms with Crippen LogP contribution in [0.25, 0.3) is 22.6 Å². The van der Waals surface area contributed by atoms with Crippen LogP contribution in [-0.4, -0.2) is 24.0 Å². The van der Waals surface area contributed by atoms with E-state index in [-0.39, 0.29) is 11.1 Å². The lowest BCUT2D eigenvalue weighted by atomic mass is 9.91. The minimum Gasteiger partial charge on any atom is -0.545 e. The van der Waals surface area contributed by atoms with Crippen molar-refractivity contribution < 1.29 is 28.0 Å². The minimum atomic E-state index is -4.49. The van der Waals surface area contributed by atoms with E-state index in [2.05, 4.69) is 4.98 Å². The SMILES string of the molecule is CC[NH+]1C/C(=C\c2ccccc2C(F)(F)F)c2nc3ccccc3c(C(=O)[O-])c2C1. The molecular weight excluding hydrogens is 393 g/mol. The Morgan fingerprint density at radius 1 is 1.13 bits per heavy atom. The van der Waals surface area contributed by atoms with Gasteiger partial charge in [0, 0.05) is 22.1 Å². The number of quaternary nitrogens is 1. The zero-order valence-electron chi connectivity index (χ0n) is 16.2. The van der Waals surface area contributed by atoms with E-state index < -0.39 is 17.7 Å². The van der Waals surface area contributed by atoms with Gasteiger partial charge in [-0.15, -0.1) is 0 Å². The maximum Gasteiger partial charge on any atom is 0.416 e. The molecule has 4 rings (SSSR count). The highest BCUT2D eigenvalue weighted by Gasteiger charge is 2.34. The number of hydrogen-bond donors (Lipinski definition) is 1. The van der Waals surface area contributed by atoms with Crippen LogP contribution in [-0.2, 0) is 12.7 Å². The topological polar surface area (TPSA) is 57.5 Å². The zero-order chi connectivity index (χ0) is 21.5. The van der Waals surface area contributed by atoms with Crippen LogP contribution in [0, 0.1) is 0 Å². The highest BCUT2D eigenvalue weighted by atomic mass is 19.4. The number of pyridine rings is 1. The van der Waals surface area contributed by atoms with Gasteiger partial charge in [-0.05, 0) is 30.7 Å². The summed E-state index contributed by atoms with van der Waals surface area (Å²) in [5.74, 6) is -1.31. The van der Waals surface area contributed by atoms with Crippen LogP contribution in [0.15, 0.2) is 48.5 Å². The van der Waals surface area contributed by atoms with E-state index in [0.717, 1.165) is 11.0 Å². The van der Waals surface area contributed by atoms with Crippen molar-refractivity contribution in [3.05, 3.63) is 76.5 Å². The molecule has 1 N–H and O–H groups in total. The Labute approximate surface area is 171 Å². The van der Waals surface area contributed by atoms with Gasteiger partial charge in [0.05, 0.1) is 29.3 Å². The molecule has 154 valence electrons. The van der Waals surface area contributed by atoms with Crippen molar-refractivity contribution in [2.45, 2.75) is 19.6 Å². The number of nitrogens with one attached hydrogen (secondary N) is 1. The van der Waals surface area contributed by atoms with Crippen molar-refractivity contribution in [2.75, 3.05) is 13.1 Å². The Hall–Kier alpha value is -3.19. The van der Waals surface area contributed by atoms with Gasteiger partial charge < -0.3 is 14.8 Å². The van der Waals surface area contributed by atoms with Crippen molar-refractivity contribution in [3.8, 4) is 0 Å². The third-order valence-electron chi connectivity index (χ3n) is 5.46. The summed E-state index contributed by atoms with van der Waals surface area (Å²) in [6, 6.07) is 12.2. The van der Waals surface area contributed by atoms with Gasteiger partial charge in [-0.25, -0.2) is 4.98 Å². The van der Waals surface area contributed by atoms with Crippen molar-refractivity contribution in [3.63, 3.8) is 0 Å². The fraction of sp³-hybridized carbons (Fsp3) is 0.217. The van der Waals surface area contributed by atoms with E-state index in [0.29, 0.717) is 47.4 Å². The number of para-hydroxylation sites is 1. The summed E-state index contributed by atoms with van der Waals surface area (Å²) in [5, 5.41) is 12.5. The van der Waals surface area contributed by atoms with Crippen LogP contribution in [0.3, 0.4) is 0 Å². The first-order valence-corrected chi connectivity index (χ1v) is 9.63. The number of carboxylic acids is 1. The summed E-state index contributed by atoms with van der Waals surface area (Å²) < 4.78 is 40.5. The maximum absolute atomic E-state index is 13.5. The fourth-order valence-corrected chi connectivity index (χ4v) is 4.03. The van der Waals surface area contributed by atoms with Gasteiger partial charge in [-0.2, -0.15) is 13.2 Å².